The van der Waals surface area contributed by atoms with Gasteiger partial charge in [0.05, 0.1) is 36.3 Å². The van der Waals surface area contributed by atoms with Crippen molar-refractivity contribution in [2.75, 3.05) is 13.2 Å². The zero-order valence-corrected chi connectivity index (χ0v) is 16.4. The Morgan fingerprint density at radius 3 is 2.19 bits per heavy atom. The van der Waals surface area contributed by atoms with E-state index in [0.29, 0.717) is 46.9 Å². The molecule has 0 aliphatic carbocycles. The Morgan fingerprint density at radius 1 is 0.852 bits per heavy atom. The summed E-state index contributed by atoms with van der Waals surface area (Å²) in [5, 5.41) is 12.0. The molecule has 1 aliphatic heterocycles. The van der Waals surface area contributed by atoms with Crippen LogP contribution in [0, 0.1) is 0 Å². The molecular formula is C19H15Cl3N2O3. The van der Waals surface area contributed by atoms with Gasteiger partial charge >= 0.3 is 0 Å². The maximum Gasteiger partial charge on any atom is 0.278 e. The van der Waals surface area contributed by atoms with Gasteiger partial charge in [-0.25, -0.2) is 9.36 Å². The van der Waals surface area contributed by atoms with Crippen LogP contribution in [0.1, 0.15) is 0 Å². The van der Waals surface area contributed by atoms with Gasteiger partial charge in [0.1, 0.15) is 5.56 Å². The molecule has 4 rings (SSSR count). The molecule has 0 bridgehead atoms. The fourth-order valence-electron chi connectivity index (χ4n) is 3.24. The number of hydrogen-bond donors (Lipinski definition) is 1. The number of nitrogens with zero attached hydrogens (tertiary/aromatic N) is 2. The maximum atomic E-state index is 12.9. The van der Waals surface area contributed by atoms with E-state index < -0.39 is 0 Å². The van der Waals surface area contributed by atoms with Crippen molar-refractivity contribution >= 4 is 34.8 Å². The van der Waals surface area contributed by atoms with Gasteiger partial charge in [0.15, 0.2) is 0 Å². The van der Waals surface area contributed by atoms with Crippen molar-refractivity contribution in [3.63, 3.8) is 0 Å². The molecule has 8 heteroatoms. The van der Waals surface area contributed by atoms with E-state index in [-0.39, 0.29) is 17.0 Å². The normalized spacial score (nSPS) is 14.0. The second kappa shape index (κ2) is 7.24. The number of aromatic nitrogens is 2. The van der Waals surface area contributed by atoms with Gasteiger partial charge in [-0.1, -0.05) is 46.9 Å². The lowest BCUT2D eigenvalue weighted by atomic mass is 10.00. The Labute approximate surface area is 170 Å². The summed E-state index contributed by atoms with van der Waals surface area (Å²) in [7, 11) is 0. The predicted molar refractivity (Wildman–Crippen MR) is 107 cm³/mol. The molecule has 5 nitrogen and oxygen atoms in total. The number of ether oxygens (including phenoxy) is 1. The van der Waals surface area contributed by atoms with Gasteiger partial charge in [0, 0.05) is 10.6 Å². The minimum atomic E-state index is -0.300. The molecule has 27 heavy (non-hydrogen) atoms. The fraction of sp³-hybridized carbons (Fsp3) is 0.211. The van der Waals surface area contributed by atoms with Crippen molar-refractivity contribution in [3.8, 4) is 28.1 Å². The van der Waals surface area contributed by atoms with E-state index in [4.69, 9.17) is 39.5 Å². The lowest BCUT2D eigenvalue weighted by Gasteiger charge is -2.09. The van der Waals surface area contributed by atoms with Crippen LogP contribution in [0.3, 0.4) is 0 Å². The first kappa shape index (κ1) is 18.4. The van der Waals surface area contributed by atoms with Gasteiger partial charge in [-0.2, -0.15) is 0 Å². The Kier molecular flexibility index (Phi) is 4.95. The molecule has 0 amide bonds. The summed E-state index contributed by atoms with van der Waals surface area (Å²) in [5.74, 6) is -0.112. The van der Waals surface area contributed by atoms with Gasteiger partial charge in [-0.3, -0.25) is 4.79 Å². The maximum absolute atomic E-state index is 12.9. The van der Waals surface area contributed by atoms with Crippen LogP contribution in [0.4, 0.5) is 0 Å². The summed E-state index contributed by atoms with van der Waals surface area (Å²) >= 11 is 18.5. The number of hydrogen-bond acceptors (Lipinski definition) is 3. The first-order valence-electron chi connectivity index (χ1n) is 8.33. The third kappa shape index (κ3) is 3.25. The second-order valence-electron chi connectivity index (χ2n) is 6.19. The van der Waals surface area contributed by atoms with Crippen LogP contribution in [0.15, 0.2) is 41.2 Å². The van der Waals surface area contributed by atoms with Crippen LogP contribution in [0.5, 0.6) is 5.88 Å². The molecule has 0 atom stereocenters. The van der Waals surface area contributed by atoms with Crippen LogP contribution >= 0.6 is 34.8 Å². The number of benzene rings is 2. The summed E-state index contributed by atoms with van der Waals surface area (Å²) < 4.78 is 8.39. The van der Waals surface area contributed by atoms with Gasteiger partial charge in [0.25, 0.3) is 5.56 Å². The van der Waals surface area contributed by atoms with Crippen LogP contribution in [0.2, 0.25) is 15.1 Å². The highest BCUT2D eigenvalue weighted by atomic mass is 35.5. The molecule has 2 aromatic carbocycles. The summed E-state index contributed by atoms with van der Waals surface area (Å²) in [5.41, 5.74) is 1.99. The molecule has 1 N–H and O–H groups in total. The molecule has 0 fully saturated rings. The first-order chi connectivity index (χ1) is 13.0. The highest BCUT2D eigenvalue weighted by Crippen LogP contribution is 2.37. The summed E-state index contributed by atoms with van der Waals surface area (Å²) in [6.45, 7) is 1.61. The third-order valence-electron chi connectivity index (χ3n) is 4.59. The van der Waals surface area contributed by atoms with Crippen molar-refractivity contribution in [2.45, 2.75) is 13.1 Å². The molecule has 1 aliphatic rings. The molecule has 0 saturated carbocycles. The molecule has 140 valence electrons. The molecule has 0 unspecified atom stereocenters. The van der Waals surface area contributed by atoms with E-state index in [9.17, 15) is 9.90 Å². The van der Waals surface area contributed by atoms with E-state index in [2.05, 4.69) is 0 Å². The second-order valence-corrected chi connectivity index (χ2v) is 7.41. The smallest absolute Gasteiger partial charge is 0.278 e. The lowest BCUT2D eigenvalue weighted by Crippen LogP contribution is -2.23. The molecule has 2 heterocycles. The zero-order valence-electron chi connectivity index (χ0n) is 14.1. The van der Waals surface area contributed by atoms with Gasteiger partial charge in [-0.15, -0.1) is 0 Å². The molecule has 1 aromatic heterocycles. The summed E-state index contributed by atoms with van der Waals surface area (Å²) in [6.07, 6.45) is 0. The van der Waals surface area contributed by atoms with E-state index >= 15 is 0 Å². The topological polar surface area (TPSA) is 56.4 Å². The number of rotatable bonds is 2. The number of halogens is 3. The molecule has 3 aromatic rings. The van der Waals surface area contributed by atoms with Crippen molar-refractivity contribution in [2.24, 2.45) is 0 Å². The number of aromatic hydroxyl groups is 1. The van der Waals surface area contributed by atoms with E-state index in [1.165, 1.54) is 9.36 Å². The van der Waals surface area contributed by atoms with Gasteiger partial charge in [0.2, 0.25) is 5.88 Å². The van der Waals surface area contributed by atoms with Crippen LogP contribution in [0.25, 0.3) is 22.3 Å². The average Bonchev–Trinajstić information content (AvgIpc) is 2.83. The van der Waals surface area contributed by atoms with Crippen LogP contribution in [-0.4, -0.2) is 27.7 Å². The SMILES string of the molecule is O=c1c(-c2cc(-c3ccc(Cl)c(Cl)c3)ccc2Cl)c(O)n2n1CCOCC2. The quantitative estimate of drug-likeness (QED) is 0.648. The highest BCUT2D eigenvalue weighted by molar-refractivity contribution is 6.42. The Bertz CT molecular complexity index is 1090. The van der Waals surface area contributed by atoms with Crippen molar-refractivity contribution in [3.05, 3.63) is 61.8 Å². The molecule has 0 spiro atoms. The van der Waals surface area contributed by atoms with Crippen molar-refractivity contribution < 1.29 is 9.84 Å². The van der Waals surface area contributed by atoms with Crippen LogP contribution < -0.4 is 5.56 Å². The first-order valence-corrected chi connectivity index (χ1v) is 9.46. The minimum Gasteiger partial charge on any atom is -0.493 e. The van der Waals surface area contributed by atoms with E-state index in [1.54, 1.807) is 24.3 Å². The van der Waals surface area contributed by atoms with E-state index in [1.807, 2.05) is 12.1 Å². The predicted octanol–water partition coefficient (Wildman–Crippen LogP) is 4.68. The summed E-state index contributed by atoms with van der Waals surface area (Å²) in [6, 6.07) is 10.6. The third-order valence-corrected chi connectivity index (χ3v) is 5.66. The zero-order chi connectivity index (χ0) is 19.1. The summed E-state index contributed by atoms with van der Waals surface area (Å²) in [4.78, 5) is 12.9. The lowest BCUT2D eigenvalue weighted by molar-refractivity contribution is 0.137. The minimum absolute atomic E-state index is 0.112. The fourth-order valence-corrected chi connectivity index (χ4v) is 3.75. The largest absolute Gasteiger partial charge is 0.493 e. The number of fused-ring (bicyclic) bond motifs is 1. The van der Waals surface area contributed by atoms with Crippen molar-refractivity contribution in [1.29, 1.82) is 0 Å². The van der Waals surface area contributed by atoms with Gasteiger partial charge in [-0.05, 0) is 35.4 Å². The standard InChI is InChI=1S/C19H15Cl3N2O3/c20-14-3-1-11(12-2-4-15(21)16(22)10-12)9-13(14)17-18(25)23-5-7-27-8-6-24(23)19(17)26/h1-4,9-10,25H,5-8H2. The average molecular weight is 426 g/mol. The Morgan fingerprint density at radius 2 is 1.48 bits per heavy atom. The van der Waals surface area contributed by atoms with Crippen LogP contribution in [-0.2, 0) is 17.8 Å². The van der Waals surface area contributed by atoms with Crippen molar-refractivity contribution in [1.82, 2.24) is 9.36 Å². The monoisotopic (exact) mass is 424 g/mol. The highest BCUT2D eigenvalue weighted by Gasteiger charge is 2.24. The Balaban J connectivity index is 1.88. The molecule has 0 saturated heterocycles. The Hall–Kier alpha value is -1.92. The molecule has 0 radical (unpaired) electrons. The van der Waals surface area contributed by atoms with Gasteiger partial charge < -0.3 is 9.84 Å². The molecular weight excluding hydrogens is 411 g/mol. The van der Waals surface area contributed by atoms with E-state index in [0.717, 1.165) is 11.1 Å².